The Morgan fingerprint density at radius 3 is 2.96 bits per heavy atom. The van der Waals surface area contributed by atoms with E-state index in [1.165, 1.54) is 12.8 Å². The minimum atomic E-state index is -0.519. The number of aromatic nitrogens is 2. The molecular weight excluding hydrogens is 294 g/mol. The van der Waals surface area contributed by atoms with E-state index in [2.05, 4.69) is 21.0 Å². The number of nitrogens with zero attached hydrogens (tertiary/aromatic N) is 2. The zero-order valence-corrected chi connectivity index (χ0v) is 14.6. The Kier molecular flexibility index (Phi) is 6.01. The molecule has 1 aliphatic rings. The Hall–Kier alpha value is -1.60. The van der Waals surface area contributed by atoms with Gasteiger partial charge in [-0.1, -0.05) is 0 Å². The molecule has 130 valence electrons. The van der Waals surface area contributed by atoms with E-state index in [1.54, 1.807) is 17.9 Å². The second-order valence-electron chi connectivity index (χ2n) is 7.11. The van der Waals surface area contributed by atoms with Gasteiger partial charge >= 0.3 is 6.09 Å². The molecule has 7 heteroatoms. The van der Waals surface area contributed by atoms with Crippen LogP contribution < -0.4 is 16.0 Å². The third kappa shape index (κ3) is 5.84. The molecule has 0 radical (unpaired) electrons. The number of amides is 1. The van der Waals surface area contributed by atoms with Crippen LogP contribution in [0.5, 0.6) is 0 Å². The summed E-state index contributed by atoms with van der Waals surface area (Å²) in [4.78, 5) is 11.9. The van der Waals surface area contributed by atoms with Crippen LogP contribution in [0.2, 0.25) is 0 Å². The molecule has 1 amide bonds. The summed E-state index contributed by atoms with van der Waals surface area (Å²) in [5.74, 6) is 1.34. The van der Waals surface area contributed by atoms with Gasteiger partial charge in [0.05, 0.1) is 6.20 Å². The first-order valence-corrected chi connectivity index (χ1v) is 8.27. The zero-order chi connectivity index (χ0) is 16.9. The number of hydrogen-bond donors (Lipinski definition) is 3. The van der Waals surface area contributed by atoms with Crippen molar-refractivity contribution in [3.05, 3.63) is 11.8 Å². The fourth-order valence-corrected chi connectivity index (χ4v) is 2.68. The van der Waals surface area contributed by atoms with Gasteiger partial charge in [-0.2, -0.15) is 5.10 Å². The molecule has 1 fully saturated rings. The molecule has 1 atom stereocenters. The molecule has 0 bridgehead atoms. The predicted molar refractivity (Wildman–Crippen MR) is 90.4 cm³/mol. The first kappa shape index (κ1) is 17.7. The number of aryl methyl sites for hydroxylation is 1. The van der Waals surface area contributed by atoms with Gasteiger partial charge in [0.15, 0.2) is 0 Å². The molecule has 7 nitrogen and oxygen atoms in total. The number of hydrogen-bond acceptors (Lipinski definition) is 5. The Morgan fingerprint density at radius 2 is 2.30 bits per heavy atom. The molecule has 2 rings (SSSR count). The number of nitrogens with one attached hydrogen (secondary N) is 3. The Balaban J connectivity index is 1.86. The summed E-state index contributed by atoms with van der Waals surface area (Å²) in [7, 11) is 1.81. The van der Waals surface area contributed by atoms with E-state index in [0.29, 0.717) is 18.3 Å². The van der Waals surface area contributed by atoms with Crippen LogP contribution in [-0.2, 0) is 18.3 Å². The van der Waals surface area contributed by atoms with Crippen molar-refractivity contribution in [1.29, 1.82) is 0 Å². The molecule has 0 saturated carbocycles. The summed E-state index contributed by atoms with van der Waals surface area (Å²) < 4.78 is 6.96. The van der Waals surface area contributed by atoms with Gasteiger partial charge in [0.25, 0.3) is 0 Å². The summed E-state index contributed by atoms with van der Waals surface area (Å²) in [6.07, 6.45) is 3.82. The van der Waals surface area contributed by atoms with E-state index in [-0.39, 0.29) is 0 Å². The van der Waals surface area contributed by atoms with Gasteiger partial charge < -0.3 is 15.4 Å². The molecule has 1 aromatic rings. The fraction of sp³-hybridized carbons (Fsp3) is 0.750. The molecule has 1 unspecified atom stereocenters. The van der Waals surface area contributed by atoms with Crippen LogP contribution in [0.15, 0.2) is 6.20 Å². The monoisotopic (exact) mass is 323 g/mol. The highest BCUT2D eigenvalue weighted by Gasteiger charge is 2.19. The van der Waals surface area contributed by atoms with Crippen molar-refractivity contribution in [3.8, 4) is 0 Å². The van der Waals surface area contributed by atoms with E-state index in [1.807, 2.05) is 20.8 Å². The first-order valence-electron chi connectivity index (χ1n) is 8.27. The Bertz CT molecular complexity index is 515. The van der Waals surface area contributed by atoms with E-state index in [0.717, 1.165) is 25.2 Å². The molecule has 23 heavy (non-hydrogen) atoms. The summed E-state index contributed by atoms with van der Waals surface area (Å²) in [5, 5.41) is 13.9. The topological polar surface area (TPSA) is 80.2 Å². The van der Waals surface area contributed by atoms with Crippen molar-refractivity contribution in [2.75, 3.05) is 25.0 Å². The van der Waals surface area contributed by atoms with Crippen molar-refractivity contribution >= 4 is 11.9 Å². The lowest BCUT2D eigenvalue weighted by Crippen LogP contribution is -2.36. The van der Waals surface area contributed by atoms with Gasteiger partial charge in [0.2, 0.25) is 0 Å². The van der Waals surface area contributed by atoms with Gasteiger partial charge in [-0.05, 0) is 59.2 Å². The van der Waals surface area contributed by atoms with E-state index in [4.69, 9.17) is 4.74 Å². The lowest BCUT2D eigenvalue weighted by Gasteiger charge is -2.23. The van der Waals surface area contributed by atoms with E-state index in [9.17, 15) is 4.79 Å². The average molecular weight is 323 g/mol. The Morgan fingerprint density at radius 1 is 1.52 bits per heavy atom. The highest BCUT2D eigenvalue weighted by atomic mass is 16.6. The first-order chi connectivity index (χ1) is 10.8. The number of rotatable bonds is 5. The van der Waals surface area contributed by atoms with Gasteiger partial charge in [-0.25, -0.2) is 4.79 Å². The molecule has 0 aliphatic carbocycles. The van der Waals surface area contributed by atoms with Gasteiger partial charge in [0.1, 0.15) is 11.4 Å². The van der Waals surface area contributed by atoms with E-state index >= 15 is 0 Å². The summed E-state index contributed by atoms with van der Waals surface area (Å²) in [6, 6.07) is 0. The minimum absolute atomic E-state index is 0.459. The molecule has 1 saturated heterocycles. The van der Waals surface area contributed by atoms with Gasteiger partial charge in [0, 0.05) is 19.2 Å². The number of carbonyl (C=O) groups excluding carboxylic acids is 1. The fourth-order valence-electron chi connectivity index (χ4n) is 2.68. The van der Waals surface area contributed by atoms with Crippen molar-refractivity contribution in [2.45, 2.75) is 45.8 Å². The van der Waals surface area contributed by atoms with Crippen LogP contribution in [0.25, 0.3) is 0 Å². The van der Waals surface area contributed by atoms with Crippen LogP contribution in [0, 0.1) is 5.92 Å². The molecule has 1 aliphatic heterocycles. The average Bonchev–Trinajstić information content (AvgIpc) is 2.79. The van der Waals surface area contributed by atoms with Gasteiger partial charge in [-0.3, -0.25) is 10.00 Å². The van der Waals surface area contributed by atoms with Crippen molar-refractivity contribution in [3.63, 3.8) is 0 Å². The lowest BCUT2D eigenvalue weighted by atomic mass is 10.00. The van der Waals surface area contributed by atoms with Crippen molar-refractivity contribution in [1.82, 2.24) is 20.4 Å². The largest absolute Gasteiger partial charge is 0.444 e. The molecule has 0 aromatic carbocycles. The molecular formula is C16H29N5O2. The number of piperidine rings is 1. The van der Waals surface area contributed by atoms with Crippen LogP contribution in [-0.4, -0.2) is 41.1 Å². The smallest absolute Gasteiger partial charge is 0.413 e. The van der Waals surface area contributed by atoms with Crippen molar-refractivity contribution < 1.29 is 9.53 Å². The third-order valence-corrected chi connectivity index (χ3v) is 3.78. The van der Waals surface area contributed by atoms with Crippen LogP contribution in [0.1, 0.15) is 39.2 Å². The summed E-state index contributed by atoms with van der Waals surface area (Å²) in [5.41, 5.74) is 0.442. The minimum Gasteiger partial charge on any atom is -0.444 e. The lowest BCUT2D eigenvalue weighted by molar-refractivity contribution is 0.0634. The third-order valence-electron chi connectivity index (χ3n) is 3.78. The highest BCUT2D eigenvalue weighted by Crippen LogP contribution is 2.16. The zero-order valence-electron chi connectivity index (χ0n) is 14.6. The van der Waals surface area contributed by atoms with Crippen molar-refractivity contribution in [2.24, 2.45) is 13.0 Å². The maximum Gasteiger partial charge on any atom is 0.413 e. The van der Waals surface area contributed by atoms with Crippen LogP contribution in [0.4, 0.5) is 10.6 Å². The normalized spacial score (nSPS) is 18.7. The molecule has 3 N–H and O–H groups in total. The highest BCUT2D eigenvalue weighted by molar-refractivity contribution is 5.84. The van der Waals surface area contributed by atoms with Crippen LogP contribution in [0.3, 0.4) is 0 Å². The molecule has 0 spiro atoms. The Labute approximate surface area is 138 Å². The summed E-state index contributed by atoms with van der Waals surface area (Å²) >= 11 is 0. The maximum atomic E-state index is 11.9. The standard InChI is InChI=1S/C16H29N5O2/c1-16(2,3)23-15(22)20-14-13(11-19-21(14)4)10-18-9-12-6-5-7-17-8-12/h11-12,17-18H,5-10H2,1-4H3,(H,20,22). The molecule has 2 heterocycles. The second kappa shape index (κ2) is 7.79. The van der Waals surface area contributed by atoms with Crippen LogP contribution >= 0.6 is 0 Å². The maximum absolute atomic E-state index is 11.9. The summed E-state index contributed by atoms with van der Waals surface area (Å²) in [6.45, 7) is 9.37. The quantitative estimate of drug-likeness (QED) is 0.771. The SMILES string of the molecule is Cn1ncc(CNCC2CCCNC2)c1NC(=O)OC(C)(C)C. The predicted octanol–water partition coefficient (Wildman–Crippen LogP) is 1.86. The number of anilines is 1. The second-order valence-corrected chi connectivity index (χ2v) is 7.11. The molecule has 1 aromatic heterocycles. The number of ether oxygens (including phenoxy) is 1. The van der Waals surface area contributed by atoms with Gasteiger partial charge in [-0.15, -0.1) is 0 Å². The number of carbonyl (C=O) groups is 1. The van der Waals surface area contributed by atoms with E-state index < -0.39 is 11.7 Å².